The van der Waals surface area contributed by atoms with Crippen LogP contribution >= 0.6 is 0 Å². The van der Waals surface area contributed by atoms with Gasteiger partial charge >= 0.3 is 18.0 Å². The minimum absolute atomic E-state index is 0.179. The fourth-order valence-electron chi connectivity index (χ4n) is 2.69. The fraction of sp³-hybridized carbons (Fsp3) is 0.348. The number of benzene rings is 1. The third-order valence-corrected chi connectivity index (χ3v) is 4.17. The van der Waals surface area contributed by atoms with E-state index < -0.39 is 18.0 Å². The van der Waals surface area contributed by atoms with Crippen LogP contribution in [0.2, 0.25) is 0 Å². The highest BCUT2D eigenvalue weighted by Crippen LogP contribution is 2.12. The van der Waals surface area contributed by atoms with Crippen LogP contribution in [0.4, 0.5) is 4.79 Å². The first-order valence-corrected chi connectivity index (χ1v) is 9.86. The van der Waals surface area contributed by atoms with Crippen molar-refractivity contribution in [3.63, 3.8) is 0 Å². The number of hydrogen-bond acceptors (Lipinski definition) is 6. The van der Waals surface area contributed by atoms with Gasteiger partial charge in [0.25, 0.3) is 0 Å². The lowest BCUT2D eigenvalue weighted by Gasteiger charge is -2.25. The predicted octanol–water partition coefficient (Wildman–Crippen LogP) is 3.56. The van der Waals surface area contributed by atoms with Gasteiger partial charge in [-0.1, -0.05) is 42.5 Å². The Labute approximate surface area is 176 Å². The molecular formula is C23H27NO6. The van der Waals surface area contributed by atoms with Crippen LogP contribution < -0.4 is 0 Å². The van der Waals surface area contributed by atoms with E-state index in [-0.39, 0.29) is 12.7 Å². The highest BCUT2D eigenvalue weighted by Gasteiger charge is 2.18. The smallest absolute Gasteiger partial charge is 0.410 e. The van der Waals surface area contributed by atoms with Gasteiger partial charge in [-0.25, -0.2) is 14.4 Å². The second kappa shape index (κ2) is 12.3. The Balaban J connectivity index is 1.74. The summed E-state index contributed by atoms with van der Waals surface area (Å²) in [6.07, 6.45) is 7.33. The van der Waals surface area contributed by atoms with E-state index in [1.54, 1.807) is 24.8 Å². The van der Waals surface area contributed by atoms with Crippen LogP contribution in [0.1, 0.15) is 25.8 Å². The van der Waals surface area contributed by atoms with Crippen LogP contribution in [0.15, 0.2) is 66.3 Å². The molecule has 0 N–H and O–H groups in total. The zero-order valence-corrected chi connectivity index (χ0v) is 17.3. The molecule has 7 nitrogen and oxygen atoms in total. The Hall–Kier alpha value is -3.35. The summed E-state index contributed by atoms with van der Waals surface area (Å²) < 4.78 is 15.3. The molecular weight excluding hydrogens is 386 g/mol. The number of carbonyl (C=O) groups excluding carboxylic acids is 3. The van der Waals surface area contributed by atoms with Gasteiger partial charge in [0.2, 0.25) is 0 Å². The zero-order valence-electron chi connectivity index (χ0n) is 17.3. The van der Waals surface area contributed by atoms with Gasteiger partial charge in [0.05, 0.1) is 6.61 Å². The van der Waals surface area contributed by atoms with E-state index in [1.807, 2.05) is 36.4 Å². The molecule has 0 aromatic heterocycles. The molecule has 0 saturated carbocycles. The van der Waals surface area contributed by atoms with Gasteiger partial charge in [-0.05, 0) is 37.5 Å². The van der Waals surface area contributed by atoms with Crippen LogP contribution in [0.3, 0.4) is 0 Å². The van der Waals surface area contributed by atoms with Crippen molar-refractivity contribution >= 4 is 18.0 Å². The number of amides is 1. The lowest BCUT2D eigenvalue weighted by Crippen LogP contribution is -2.36. The number of rotatable bonds is 8. The Bertz CT molecular complexity index is 812. The highest BCUT2D eigenvalue weighted by atomic mass is 16.6. The molecule has 0 fully saturated rings. The summed E-state index contributed by atoms with van der Waals surface area (Å²) in [5.41, 5.74) is 1.72. The Kier molecular flexibility index (Phi) is 9.37. The number of carbonyl (C=O) groups is 3. The monoisotopic (exact) mass is 413 g/mol. The number of ether oxygens (including phenoxy) is 3. The van der Waals surface area contributed by atoms with Gasteiger partial charge < -0.3 is 19.1 Å². The lowest BCUT2D eigenvalue weighted by atomic mass is 10.1. The van der Waals surface area contributed by atoms with E-state index >= 15 is 0 Å². The van der Waals surface area contributed by atoms with E-state index in [2.05, 4.69) is 0 Å². The second-order valence-electron chi connectivity index (χ2n) is 6.62. The topological polar surface area (TPSA) is 82.1 Å². The van der Waals surface area contributed by atoms with Crippen molar-refractivity contribution in [3.8, 4) is 0 Å². The normalized spacial score (nSPS) is 15.0. The zero-order chi connectivity index (χ0) is 21.8. The van der Waals surface area contributed by atoms with Crippen LogP contribution in [0.25, 0.3) is 0 Å². The van der Waals surface area contributed by atoms with E-state index in [0.29, 0.717) is 26.1 Å². The fourth-order valence-corrected chi connectivity index (χ4v) is 2.69. The van der Waals surface area contributed by atoms with Crippen LogP contribution in [0, 0.1) is 0 Å². The molecule has 1 aliphatic rings. The number of esters is 2. The number of nitrogens with zero attached hydrogens (tertiary/aromatic N) is 1. The molecule has 1 aliphatic heterocycles. The van der Waals surface area contributed by atoms with E-state index in [9.17, 15) is 14.4 Å². The standard InChI is InChI=1S/C23H27NO6/c1-3-28-23(27)24-15-7-10-19(16-24)12-14-22(26)30-18(2)11-13-21(25)29-17-20-8-5-4-6-9-20/h4-6,8-14,18H,3,7,15-17H2,1-2H3/b13-11-,14-12+/t18-/m1/s1. The molecule has 1 heterocycles. The maximum absolute atomic E-state index is 12.0. The summed E-state index contributed by atoms with van der Waals surface area (Å²) >= 11 is 0. The molecule has 1 aromatic carbocycles. The van der Waals surface area contributed by atoms with Crippen molar-refractivity contribution in [1.29, 1.82) is 0 Å². The molecule has 0 spiro atoms. The maximum Gasteiger partial charge on any atom is 0.410 e. The van der Waals surface area contributed by atoms with Crippen molar-refractivity contribution in [2.45, 2.75) is 33.0 Å². The van der Waals surface area contributed by atoms with Gasteiger partial charge in [-0.2, -0.15) is 0 Å². The molecule has 0 radical (unpaired) electrons. The summed E-state index contributed by atoms with van der Waals surface area (Å²) in [6, 6.07) is 9.34. The van der Waals surface area contributed by atoms with Gasteiger partial charge in [-0.3, -0.25) is 0 Å². The Morgan fingerprint density at radius 3 is 2.60 bits per heavy atom. The summed E-state index contributed by atoms with van der Waals surface area (Å²) in [7, 11) is 0. The number of hydrogen-bond donors (Lipinski definition) is 0. The average molecular weight is 413 g/mol. The van der Waals surface area contributed by atoms with Gasteiger partial charge in [0.1, 0.15) is 12.7 Å². The third-order valence-electron chi connectivity index (χ3n) is 4.17. The van der Waals surface area contributed by atoms with Gasteiger partial charge in [-0.15, -0.1) is 0 Å². The van der Waals surface area contributed by atoms with Crippen molar-refractivity contribution in [2.24, 2.45) is 0 Å². The molecule has 1 amide bonds. The van der Waals surface area contributed by atoms with E-state index in [1.165, 1.54) is 18.2 Å². The van der Waals surface area contributed by atoms with E-state index in [0.717, 1.165) is 11.1 Å². The molecule has 1 aromatic rings. The summed E-state index contributed by atoms with van der Waals surface area (Å²) in [6.45, 7) is 4.87. The Morgan fingerprint density at radius 2 is 1.87 bits per heavy atom. The van der Waals surface area contributed by atoms with Crippen molar-refractivity contribution in [2.75, 3.05) is 19.7 Å². The Morgan fingerprint density at radius 1 is 1.10 bits per heavy atom. The molecule has 0 bridgehead atoms. The first kappa shape index (κ1) is 22.9. The molecule has 0 saturated heterocycles. The van der Waals surface area contributed by atoms with Crippen molar-refractivity contribution in [1.82, 2.24) is 4.90 Å². The minimum Gasteiger partial charge on any atom is -0.458 e. The highest BCUT2D eigenvalue weighted by molar-refractivity contribution is 5.84. The summed E-state index contributed by atoms with van der Waals surface area (Å²) in [4.78, 5) is 37.1. The van der Waals surface area contributed by atoms with Crippen LogP contribution in [-0.4, -0.2) is 48.7 Å². The quantitative estimate of drug-likeness (QED) is 0.368. The largest absolute Gasteiger partial charge is 0.458 e. The first-order valence-electron chi connectivity index (χ1n) is 9.86. The SMILES string of the molecule is CCOC(=O)N1CCC=C(/C=C/C(=O)O[C@H](C)/C=C\C(=O)OCc2ccccc2)C1. The average Bonchev–Trinajstić information content (AvgIpc) is 2.76. The third kappa shape index (κ3) is 8.34. The summed E-state index contributed by atoms with van der Waals surface area (Å²) in [5, 5.41) is 0. The van der Waals surface area contributed by atoms with Crippen LogP contribution in [0.5, 0.6) is 0 Å². The minimum atomic E-state index is -0.595. The van der Waals surface area contributed by atoms with Gasteiger partial charge in [0, 0.05) is 25.2 Å². The molecule has 7 heteroatoms. The predicted molar refractivity (Wildman–Crippen MR) is 111 cm³/mol. The molecule has 2 rings (SSSR count). The first-order chi connectivity index (χ1) is 14.5. The van der Waals surface area contributed by atoms with E-state index in [4.69, 9.17) is 14.2 Å². The molecule has 160 valence electrons. The van der Waals surface area contributed by atoms with Crippen molar-refractivity contribution < 1.29 is 28.6 Å². The molecule has 1 atom stereocenters. The van der Waals surface area contributed by atoms with Crippen molar-refractivity contribution in [3.05, 3.63) is 71.8 Å². The molecule has 0 aliphatic carbocycles. The lowest BCUT2D eigenvalue weighted by molar-refractivity contribution is -0.141. The molecule has 30 heavy (non-hydrogen) atoms. The second-order valence-corrected chi connectivity index (χ2v) is 6.62. The maximum atomic E-state index is 12.0. The molecule has 0 unspecified atom stereocenters. The van der Waals surface area contributed by atoms with Crippen LogP contribution in [-0.2, 0) is 30.4 Å². The van der Waals surface area contributed by atoms with Gasteiger partial charge in [0.15, 0.2) is 0 Å². The summed E-state index contributed by atoms with van der Waals surface area (Å²) in [5.74, 6) is -1.05.